The number of nitrogens with one attached hydrogen (secondary N) is 1. The minimum atomic E-state index is -0.409. The van der Waals surface area contributed by atoms with E-state index in [1.54, 1.807) is 49.4 Å². The lowest BCUT2D eigenvalue weighted by Crippen LogP contribution is -2.15. The molecule has 22 heavy (non-hydrogen) atoms. The van der Waals surface area contributed by atoms with Crippen molar-refractivity contribution in [1.29, 1.82) is 0 Å². The Kier molecular flexibility index (Phi) is 5.55. The second-order valence-electron chi connectivity index (χ2n) is 4.66. The molecule has 2 rings (SSSR count). The van der Waals surface area contributed by atoms with Crippen LogP contribution in [-0.4, -0.2) is 18.5 Å². The molecule has 0 aliphatic rings. The lowest BCUT2D eigenvalue weighted by molar-refractivity contribution is -0.115. The first-order chi connectivity index (χ1) is 10.6. The maximum atomic E-state index is 12.0. The van der Waals surface area contributed by atoms with Gasteiger partial charge in [0.05, 0.1) is 18.6 Å². The van der Waals surface area contributed by atoms with E-state index in [0.29, 0.717) is 22.9 Å². The highest BCUT2D eigenvalue weighted by atomic mass is 35.5. The average molecular weight is 318 g/mol. The molecule has 4 nitrogen and oxygen atoms in total. The van der Waals surface area contributed by atoms with Gasteiger partial charge in [-0.25, -0.2) is 4.79 Å². The minimum absolute atomic E-state index is 0.178. The van der Waals surface area contributed by atoms with E-state index in [-0.39, 0.29) is 12.3 Å². The van der Waals surface area contributed by atoms with Crippen LogP contribution >= 0.6 is 11.6 Å². The molecule has 0 heterocycles. The molecule has 2 aromatic carbocycles. The predicted octanol–water partition coefficient (Wildman–Crippen LogP) is 3.70. The molecule has 0 unspecified atom stereocenters. The molecule has 0 aromatic heterocycles. The molecule has 0 aliphatic heterocycles. The highest BCUT2D eigenvalue weighted by molar-refractivity contribution is 6.30. The summed E-state index contributed by atoms with van der Waals surface area (Å²) in [5.74, 6) is -0.586. The molecule has 5 heteroatoms. The Morgan fingerprint density at radius 2 is 1.91 bits per heavy atom. The van der Waals surface area contributed by atoms with Crippen LogP contribution in [-0.2, 0) is 16.0 Å². The lowest BCUT2D eigenvalue weighted by Gasteiger charge is -2.07. The standard InChI is InChI=1S/C17H16ClNO3/c1-2-22-17(21)13-6-4-8-15(11-13)19-16(20)10-12-5-3-7-14(18)9-12/h3-9,11H,2,10H2,1H3,(H,19,20). The van der Waals surface area contributed by atoms with Crippen LogP contribution in [0.5, 0.6) is 0 Å². The number of hydrogen-bond donors (Lipinski definition) is 1. The van der Waals surface area contributed by atoms with E-state index < -0.39 is 5.97 Å². The second-order valence-corrected chi connectivity index (χ2v) is 5.09. The zero-order valence-electron chi connectivity index (χ0n) is 12.1. The van der Waals surface area contributed by atoms with E-state index in [0.717, 1.165) is 5.56 Å². The van der Waals surface area contributed by atoms with Crippen LogP contribution in [0.25, 0.3) is 0 Å². The number of rotatable bonds is 5. The molecule has 1 N–H and O–H groups in total. The lowest BCUT2D eigenvalue weighted by atomic mass is 10.1. The van der Waals surface area contributed by atoms with Crippen LogP contribution in [0.1, 0.15) is 22.8 Å². The summed E-state index contributed by atoms with van der Waals surface area (Å²) in [6.07, 6.45) is 0.212. The maximum Gasteiger partial charge on any atom is 0.338 e. The summed E-state index contributed by atoms with van der Waals surface area (Å²) < 4.78 is 4.93. The molecule has 0 bridgehead atoms. The van der Waals surface area contributed by atoms with Crippen molar-refractivity contribution in [2.24, 2.45) is 0 Å². The van der Waals surface area contributed by atoms with Crippen LogP contribution in [0.4, 0.5) is 5.69 Å². The molecule has 114 valence electrons. The molecular weight excluding hydrogens is 302 g/mol. The van der Waals surface area contributed by atoms with Gasteiger partial charge in [-0.15, -0.1) is 0 Å². The summed E-state index contributed by atoms with van der Waals surface area (Å²) in [5, 5.41) is 3.35. The molecule has 2 aromatic rings. The average Bonchev–Trinajstić information content (AvgIpc) is 2.47. The fourth-order valence-corrected chi connectivity index (χ4v) is 2.19. The summed E-state index contributed by atoms with van der Waals surface area (Å²) in [6.45, 7) is 2.05. The normalized spacial score (nSPS) is 10.1. The van der Waals surface area contributed by atoms with E-state index in [4.69, 9.17) is 16.3 Å². The van der Waals surface area contributed by atoms with Gasteiger partial charge in [0, 0.05) is 10.7 Å². The van der Waals surface area contributed by atoms with Crippen molar-refractivity contribution in [3.63, 3.8) is 0 Å². The summed E-state index contributed by atoms with van der Waals surface area (Å²) in [4.78, 5) is 23.7. The third-order valence-electron chi connectivity index (χ3n) is 2.91. The third kappa shape index (κ3) is 4.60. The Bertz CT molecular complexity index is 685. The highest BCUT2D eigenvalue weighted by Crippen LogP contribution is 2.14. The van der Waals surface area contributed by atoms with E-state index in [9.17, 15) is 9.59 Å². The van der Waals surface area contributed by atoms with Crippen LogP contribution in [0.15, 0.2) is 48.5 Å². The van der Waals surface area contributed by atoms with Crippen molar-refractivity contribution in [3.8, 4) is 0 Å². The smallest absolute Gasteiger partial charge is 0.338 e. The molecule has 1 amide bonds. The van der Waals surface area contributed by atoms with Crippen LogP contribution < -0.4 is 5.32 Å². The fourth-order valence-electron chi connectivity index (χ4n) is 1.98. The first kappa shape index (κ1) is 16.0. The number of carbonyl (C=O) groups is 2. The molecular formula is C17H16ClNO3. The number of halogens is 1. The summed E-state index contributed by atoms with van der Waals surface area (Å²) >= 11 is 5.89. The highest BCUT2D eigenvalue weighted by Gasteiger charge is 2.09. The Labute approximate surface area is 134 Å². The molecule has 0 saturated carbocycles. The minimum Gasteiger partial charge on any atom is -0.462 e. The molecule has 0 spiro atoms. The van der Waals surface area contributed by atoms with Crippen LogP contribution in [0.3, 0.4) is 0 Å². The summed E-state index contributed by atoms with van der Waals surface area (Å²) in [5.41, 5.74) is 1.78. The van der Waals surface area contributed by atoms with Gasteiger partial charge in [0.1, 0.15) is 0 Å². The zero-order valence-corrected chi connectivity index (χ0v) is 12.9. The van der Waals surface area contributed by atoms with Crippen molar-refractivity contribution >= 4 is 29.2 Å². The van der Waals surface area contributed by atoms with Gasteiger partial charge in [0.2, 0.25) is 5.91 Å². The Balaban J connectivity index is 2.02. The van der Waals surface area contributed by atoms with Gasteiger partial charge in [-0.3, -0.25) is 4.79 Å². The predicted molar refractivity (Wildman–Crippen MR) is 86.2 cm³/mol. The topological polar surface area (TPSA) is 55.4 Å². The third-order valence-corrected chi connectivity index (χ3v) is 3.15. The molecule has 0 atom stereocenters. The summed E-state index contributed by atoms with van der Waals surface area (Å²) in [6, 6.07) is 13.8. The van der Waals surface area contributed by atoms with E-state index in [1.807, 2.05) is 6.07 Å². The molecule has 0 fully saturated rings. The number of anilines is 1. The van der Waals surface area contributed by atoms with Crippen LogP contribution in [0.2, 0.25) is 5.02 Å². The number of benzene rings is 2. The number of carbonyl (C=O) groups excluding carboxylic acids is 2. The fraction of sp³-hybridized carbons (Fsp3) is 0.176. The van der Waals surface area contributed by atoms with Crippen molar-refractivity contribution in [1.82, 2.24) is 0 Å². The number of esters is 1. The summed E-state index contributed by atoms with van der Waals surface area (Å²) in [7, 11) is 0. The number of ether oxygens (including phenoxy) is 1. The Hall–Kier alpha value is -2.33. The maximum absolute atomic E-state index is 12.0. The Morgan fingerprint density at radius 1 is 1.14 bits per heavy atom. The monoisotopic (exact) mass is 317 g/mol. The molecule has 0 radical (unpaired) electrons. The number of amides is 1. The first-order valence-electron chi connectivity index (χ1n) is 6.90. The van der Waals surface area contributed by atoms with Gasteiger partial charge in [-0.05, 0) is 42.8 Å². The van der Waals surface area contributed by atoms with Gasteiger partial charge in [-0.2, -0.15) is 0 Å². The van der Waals surface area contributed by atoms with Gasteiger partial charge >= 0.3 is 5.97 Å². The largest absolute Gasteiger partial charge is 0.462 e. The van der Waals surface area contributed by atoms with Crippen molar-refractivity contribution in [3.05, 3.63) is 64.7 Å². The second kappa shape index (κ2) is 7.61. The Morgan fingerprint density at radius 3 is 2.64 bits per heavy atom. The van der Waals surface area contributed by atoms with E-state index >= 15 is 0 Å². The van der Waals surface area contributed by atoms with E-state index in [2.05, 4.69) is 5.32 Å². The van der Waals surface area contributed by atoms with Gasteiger partial charge in [0.15, 0.2) is 0 Å². The van der Waals surface area contributed by atoms with Crippen molar-refractivity contribution in [2.75, 3.05) is 11.9 Å². The van der Waals surface area contributed by atoms with Crippen molar-refractivity contribution in [2.45, 2.75) is 13.3 Å². The quantitative estimate of drug-likeness (QED) is 0.855. The van der Waals surface area contributed by atoms with Crippen LogP contribution in [0, 0.1) is 0 Å². The van der Waals surface area contributed by atoms with Gasteiger partial charge in [0.25, 0.3) is 0 Å². The van der Waals surface area contributed by atoms with E-state index in [1.165, 1.54) is 0 Å². The first-order valence-corrected chi connectivity index (χ1v) is 7.27. The van der Waals surface area contributed by atoms with Crippen molar-refractivity contribution < 1.29 is 14.3 Å². The molecule has 0 aliphatic carbocycles. The SMILES string of the molecule is CCOC(=O)c1cccc(NC(=O)Cc2cccc(Cl)c2)c1. The van der Waals surface area contributed by atoms with Gasteiger partial charge in [-0.1, -0.05) is 29.8 Å². The number of hydrogen-bond acceptors (Lipinski definition) is 3. The zero-order chi connectivity index (χ0) is 15.9. The van der Waals surface area contributed by atoms with Gasteiger partial charge < -0.3 is 10.1 Å². The molecule has 0 saturated heterocycles.